The molecule has 2 N–H and O–H groups in total. The fourth-order valence-corrected chi connectivity index (χ4v) is 3.08. The third kappa shape index (κ3) is 3.05. The number of rotatable bonds is 4. The summed E-state index contributed by atoms with van der Waals surface area (Å²) in [6.45, 7) is 2.61. The fraction of sp³-hybridized carbons (Fsp3) is 0.467. The van der Waals surface area contributed by atoms with Gasteiger partial charge in [0.05, 0.1) is 9.89 Å². The maximum Gasteiger partial charge on any atom is 0.311 e. The standard InChI is InChI=1S/C15H18BrNO4/c1-2-5-15(14(20)21)6-7-17(9-15)13(19)10-3-4-11(16)12(18)8-10/h3-4,8,18H,2,5-7,9H2,1H3,(H,20,21). The second kappa shape index (κ2) is 6.05. The van der Waals surface area contributed by atoms with E-state index < -0.39 is 11.4 Å². The highest BCUT2D eigenvalue weighted by atomic mass is 79.9. The summed E-state index contributed by atoms with van der Waals surface area (Å²) in [4.78, 5) is 25.5. The number of carbonyl (C=O) groups excluding carboxylic acids is 1. The van der Waals surface area contributed by atoms with Crippen molar-refractivity contribution in [2.24, 2.45) is 5.41 Å². The molecule has 0 aliphatic carbocycles. The summed E-state index contributed by atoms with van der Waals surface area (Å²) in [5.41, 5.74) is -0.463. The van der Waals surface area contributed by atoms with E-state index in [2.05, 4.69) is 15.9 Å². The van der Waals surface area contributed by atoms with Gasteiger partial charge in [-0.15, -0.1) is 0 Å². The van der Waals surface area contributed by atoms with Crippen LogP contribution in [0.15, 0.2) is 22.7 Å². The van der Waals surface area contributed by atoms with Crippen LogP contribution in [0, 0.1) is 5.41 Å². The molecule has 1 atom stereocenters. The maximum atomic E-state index is 12.4. The number of phenols is 1. The average molecular weight is 356 g/mol. The van der Waals surface area contributed by atoms with E-state index in [0.29, 0.717) is 29.4 Å². The zero-order valence-electron chi connectivity index (χ0n) is 11.8. The van der Waals surface area contributed by atoms with Crippen LogP contribution in [0.1, 0.15) is 36.5 Å². The number of nitrogens with zero attached hydrogens (tertiary/aromatic N) is 1. The van der Waals surface area contributed by atoms with Gasteiger partial charge in [-0.05, 0) is 47.0 Å². The second-order valence-corrected chi connectivity index (χ2v) is 6.33. The van der Waals surface area contributed by atoms with Crippen LogP contribution in [0.3, 0.4) is 0 Å². The third-order valence-electron chi connectivity index (χ3n) is 4.02. The molecule has 1 aliphatic rings. The van der Waals surface area contributed by atoms with Crippen LogP contribution in [-0.2, 0) is 4.79 Å². The van der Waals surface area contributed by atoms with Gasteiger partial charge in [0.1, 0.15) is 5.75 Å². The van der Waals surface area contributed by atoms with Crippen LogP contribution >= 0.6 is 15.9 Å². The van der Waals surface area contributed by atoms with Gasteiger partial charge in [-0.3, -0.25) is 9.59 Å². The molecule has 114 valence electrons. The minimum atomic E-state index is -0.835. The lowest BCUT2D eigenvalue weighted by molar-refractivity contribution is -0.148. The number of phenolic OH excluding ortho intramolecular Hbond substituents is 1. The predicted octanol–water partition coefficient (Wildman–Crippen LogP) is 2.87. The molecule has 5 nitrogen and oxygen atoms in total. The Labute approximate surface area is 131 Å². The molecule has 1 aromatic rings. The number of carbonyl (C=O) groups is 2. The molecule has 0 bridgehead atoms. The first-order valence-electron chi connectivity index (χ1n) is 6.91. The van der Waals surface area contributed by atoms with E-state index in [1.807, 2.05) is 6.92 Å². The van der Waals surface area contributed by atoms with Gasteiger partial charge in [0.2, 0.25) is 0 Å². The molecule has 1 amide bonds. The lowest BCUT2D eigenvalue weighted by Crippen LogP contribution is -2.36. The Morgan fingerprint density at radius 2 is 2.14 bits per heavy atom. The summed E-state index contributed by atoms with van der Waals surface area (Å²) in [7, 11) is 0. The van der Waals surface area contributed by atoms with Crippen molar-refractivity contribution in [2.75, 3.05) is 13.1 Å². The van der Waals surface area contributed by atoms with E-state index in [4.69, 9.17) is 0 Å². The van der Waals surface area contributed by atoms with Crippen molar-refractivity contribution in [3.05, 3.63) is 28.2 Å². The molecule has 1 saturated heterocycles. The Morgan fingerprint density at radius 1 is 1.43 bits per heavy atom. The SMILES string of the molecule is CCCC1(C(=O)O)CCN(C(=O)c2ccc(Br)c(O)c2)C1. The maximum absolute atomic E-state index is 12.4. The highest BCUT2D eigenvalue weighted by Crippen LogP contribution is 2.36. The molecule has 0 radical (unpaired) electrons. The lowest BCUT2D eigenvalue weighted by Gasteiger charge is -2.24. The van der Waals surface area contributed by atoms with E-state index in [-0.39, 0.29) is 18.2 Å². The fourth-order valence-electron chi connectivity index (χ4n) is 2.84. The van der Waals surface area contributed by atoms with Crippen molar-refractivity contribution < 1.29 is 19.8 Å². The first kappa shape index (κ1) is 15.8. The van der Waals surface area contributed by atoms with Crippen molar-refractivity contribution in [1.29, 1.82) is 0 Å². The Bertz CT molecular complexity index is 575. The first-order chi connectivity index (χ1) is 9.89. The first-order valence-corrected chi connectivity index (χ1v) is 7.70. The highest BCUT2D eigenvalue weighted by Gasteiger charge is 2.45. The summed E-state index contributed by atoms with van der Waals surface area (Å²) < 4.78 is 0.520. The zero-order chi connectivity index (χ0) is 15.6. The molecule has 1 unspecified atom stereocenters. The molecule has 6 heteroatoms. The zero-order valence-corrected chi connectivity index (χ0v) is 13.4. The highest BCUT2D eigenvalue weighted by molar-refractivity contribution is 9.10. The largest absolute Gasteiger partial charge is 0.507 e. The number of aromatic hydroxyl groups is 1. The van der Waals surface area contributed by atoms with Crippen molar-refractivity contribution in [1.82, 2.24) is 4.90 Å². The number of carboxylic acids is 1. The molecular formula is C15H18BrNO4. The van der Waals surface area contributed by atoms with E-state index >= 15 is 0 Å². The van der Waals surface area contributed by atoms with E-state index in [9.17, 15) is 19.8 Å². The number of halogens is 1. The van der Waals surface area contributed by atoms with Gasteiger partial charge in [0.15, 0.2) is 0 Å². The normalized spacial score (nSPS) is 21.5. The number of hydrogen-bond donors (Lipinski definition) is 2. The van der Waals surface area contributed by atoms with Crippen LogP contribution in [0.4, 0.5) is 0 Å². The third-order valence-corrected chi connectivity index (χ3v) is 4.69. The van der Waals surface area contributed by atoms with Crippen LogP contribution in [0.2, 0.25) is 0 Å². The van der Waals surface area contributed by atoms with Gasteiger partial charge < -0.3 is 15.1 Å². The summed E-state index contributed by atoms with van der Waals surface area (Å²) in [6.07, 6.45) is 1.82. The Hall–Kier alpha value is -1.56. The lowest BCUT2D eigenvalue weighted by atomic mass is 9.83. The van der Waals surface area contributed by atoms with Gasteiger partial charge >= 0.3 is 5.97 Å². The molecule has 0 saturated carbocycles. The van der Waals surface area contributed by atoms with Gasteiger partial charge in [-0.2, -0.15) is 0 Å². The molecule has 0 spiro atoms. The quantitative estimate of drug-likeness (QED) is 0.870. The number of benzene rings is 1. The topological polar surface area (TPSA) is 77.8 Å². The molecule has 1 aliphatic heterocycles. The van der Waals surface area contributed by atoms with Gasteiger partial charge in [0.25, 0.3) is 5.91 Å². The minimum Gasteiger partial charge on any atom is -0.507 e. The van der Waals surface area contributed by atoms with Crippen molar-refractivity contribution >= 4 is 27.8 Å². The Kier molecular flexibility index (Phi) is 4.56. The Morgan fingerprint density at radius 3 is 2.71 bits per heavy atom. The molecule has 2 rings (SSSR count). The molecule has 21 heavy (non-hydrogen) atoms. The van der Waals surface area contributed by atoms with E-state index in [1.54, 1.807) is 17.0 Å². The van der Waals surface area contributed by atoms with Crippen LogP contribution < -0.4 is 0 Å². The predicted molar refractivity (Wildman–Crippen MR) is 81.3 cm³/mol. The smallest absolute Gasteiger partial charge is 0.311 e. The summed E-state index contributed by atoms with van der Waals surface area (Å²) in [5, 5.41) is 19.1. The van der Waals surface area contributed by atoms with Crippen LogP contribution in [-0.4, -0.2) is 40.1 Å². The summed E-state index contributed by atoms with van der Waals surface area (Å²) >= 11 is 3.17. The molecule has 1 heterocycles. The molecular weight excluding hydrogens is 338 g/mol. The van der Waals surface area contributed by atoms with Crippen molar-refractivity contribution in [2.45, 2.75) is 26.2 Å². The Balaban J connectivity index is 2.18. The number of amides is 1. The summed E-state index contributed by atoms with van der Waals surface area (Å²) in [5.74, 6) is -1.08. The second-order valence-electron chi connectivity index (χ2n) is 5.48. The average Bonchev–Trinajstić information content (AvgIpc) is 2.87. The van der Waals surface area contributed by atoms with Gasteiger partial charge in [0, 0.05) is 18.7 Å². The molecule has 1 fully saturated rings. The van der Waals surface area contributed by atoms with Crippen molar-refractivity contribution in [3.8, 4) is 5.75 Å². The molecule has 0 aromatic heterocycles. The monoisotopic (exact) mass is 355 g/mol. The van der Waals surface area contributed by atoms with Crippen LogP contribution in [0.25, 0.3) is 0 Å². The molecule has 1 aromatic carbocycles. The van der Waals surface area contributed by atoms with E-state index in [0.717, 1.165) is 6.42 Å². The van der Waals surface area contributed by atoms with Crippen molar-refractivity contribution in [3.63, 3.8) is 0 Å². The minimum absolute atomic E-state index is 0.00176. The number of carboxylic acid groups (broad SMARTS) is 1. The summed E-state index contributed by atoms with van der Waals surface area (Å²) in [6, 6.07) is 4.62. The van der Waals surface area contributed by atoms with Crippen LogP contribution in [0.5, 0.6) is 5.75 Å². The van der Waals surface area contributed by atoms with Gasteiger partial charge in [-0.25, -0.2) is 0 Å². The number of aliphatic carboxylic acids is 1. The van der Waals surface area contributed by atoms with E-state index in [1.165, 1.54) is 6.07 Å². The number of likely N-dealkylation sites (tertiary alicyclic amines) is 1. The number of hydrogen-bond acceptors (Lipinski definition) is 3. The van der Waals surface area contributed by atoms with Gasteiger partial charge in [-0.1, -0.05) is 13.3 Å².